The molecular weight excluding hydrogens is 271 g/mol. The average molecular weight is 283 g/mol. The molecule has 0 fully saturated rings. The van der Waals surface area contributed by atoms with Crippen LogP contribution in [0.1, 0.15) is 18.6 Å². The Morgan fingerprint density at radius 1 is 1.22 bits per heavy atom. The summed E-state index contributed by atoms with van der Waals surface area (Å²) in [7, 11) is 0. The second-order valence-corrected chi connectivity index (χ2v) is 5.47. The Labute approximate surface area is 115 Å². The van der Waals surface area contributed by atoms with Crippen molar-refractivity contribution in [3.63, 3.8) is 0 Å². The van der Waals surface area contributed by atoms with E-state index in [0.29, 0.717) is 10.6 Å². The van der Waals surface area contributed by atoms with Gasteiger partial charge in [-0.3, -0.25) is 0 Å². The van der Waals surface area contributed by atoms with Crippen LogP contribution in [0.2, 0.25) is 5.02 Å². The Bertz CT molecular complexity index is 557. The molecule has 0 aromatic heterocycles. The predicted octanol–water partition coefficient (Wildman–Crippen LogP) is 4.68. The quantitative estimate of drug-likeness (QED) is 0.882. The lowest BCUT2D eigenvalue weighted by Crippen LogP contribution is -1.95. The fourth-order valence-corrected chi connectivity index (χ4v) is 2.92. The maximum atomic E-state index is 13.2. The van der Waals surface area contributed by atoms with Crippen LogP contribution in [0.5, 0.6) is 0 Å². The van der Waals surface area contributed by atoms with Gasteiger partial charge in [0.05, 0.1) is 6.10 Å². The van der Waals surface area contributed by atoms with Crippen molar-refractivity contribution in [2.24, 2.45) is 0 Å². The lowest BCUT2D eigenvalue weighted by Gasteiger charge is -2.11. The molecule has 0 heterocycles. The topological polar surface area (TPSA) is 20.2 Å². The number of halogens is 2. The first-order valence-corrected chi connectivity index (χ1v) is 6.66. The zero-order chi connectivity index (χ0) is 13.1. The molecule has 4 heteroatoms. The van der Waals surface area contributed by atoms with Gasteiger partial charge in [0, 0.05) is 14.8 Å². The van der Waals surface area contributed by atoms with Crippen LogP contribution in [-0.4, -0.2) is 5.11 Å². The van der Waals surface area contributed by atoms with Gasteiger partial charge in [-0.1, -0.05) is 29.4 Å². The molecule has 0 aliphatic rings. The van der Waals surface area contributed by atoms with Gasteiger partial charge >= 0.3 is 0 Å². The van der Waals surface area contributed by atoms with Crippen LogP contribution in [0.4, 0.5) is 4.39 Å². The molecule has 0 spiro atoms. The Hall–Kier alpha value is -1.03. The molecule has 0 unspecified atom stereocenters. The van der Waals surface area contributed by atoms with E-state index in [2.05, 4.69) is 0 Å². The second-order valence-electron chi connectivity index (χ2n) is 3.92. The van der Waals surface area contributed by atoms with E-state index in [1.54, 1.807) is 19.1 Å². The Balaban J connectivity index is 2.34. The molecule has 2 aromatic rings. The monoisotopic (exact) mass is 282 g/mol. The summed E-state index contributed by atoms with van der Waals surface area (Å²) < 4.78 is 13.2. The molecule has 0 aliphatic carbocycles. The van der Waals surface area contributed by atoms with Crippen molar-refractivity contribution in [2.45, 2.75) is 22.8 Å². The summed E-state index contributed by atoms with van der Waals surface area (Å²) in [6.45, 7) is 1.62. The minimum atomic E-state index is -0.706. The number of aliphatic hydroxyl groups excluding tert-OH is 1. The first-order chi connectivity index (χ1) is 8.56. The molecule has 0 saturated heterocycles. The second kappa shape index (κ2) is 5.74. The number of aliphatic hydroxyl groups is 1. The zero-order valence-corrected chi connectivity index (χ0v) is 11.3. The lowest BCUT2D eigenvalue weighted by atomic mass is 10.1. The van der Waals surface area contributed by atoms with E-state index < -0.39 is 6.10 Å². The van der Waals surface area contributed by atoms with Gasteiger partial charge in [-0.25, -0.2) is 4.39 Å². The standard InChI is InChI=1S/C14H12ClFOS/c1-9(17)13-8-11(16)5-6-14(13)18-12-4-2-3-10(15)7-12/h2-9,17H,1H3/t9-/m0/s1. The molecule has 0 radical (unpaired) electrons. The smallest absolute Gasteiger partial charge is 0.123 e. The van der Waals surface area contributed by atoms with Gasteiger partial charge in [-0.2, -0.15) is 0 Å². The van der Waals surface area contributed by atoms with Gasteiger partial charge in [-0.05, 0) is 48.9 Å². The van der Waals surface area contributed by atoms with E-state index in [0.717, 1.165) is 9.79 Å². The van der Waals surface area contributed by atoms with Crippen LogP contribution >= 0.6 is 23.4 Å². The Morgan fingerprint density at radius 3 is 2.67 bits per heavy atom. The number of rotatable bonds is 3. The van der Waals surface area contributed by atoms with E-state index in [1.165, 1.54) is 23.9 Å². The van der Waals surface area contributed by atoms with Crippen molar-refractivity contribution in [1.29, 1.82) is 0 Å². The highest BCUT2D eigenvalue weighted by atomic mass is 35.5. The fraction of sp³-hybridized carbons (Fsp3) is 0.143. The molecule has 2 rings (SSSR count). The largest absolute Gasteiger partial charge is 0.389 e. The highest BCUT2D eigenvalue weighted by Crippen LogP contribution is 2.34. The summed E-state index contributed by atoms with van der Waals surface area (Å²) in [6, 6.07) is 11.8. The number of benzene rings is 2. The molecule has 18 heavy (non-hydrogen) atoms. The normalized spacial score (nSPS) is 12.4. The first kappa shape index (κ1) is 13.4. The van der Waals surface area contributed by atoms with Crippen molar-refractivity contribution in [3.05, 3.63) is 58.9 Å². The van der Waals surface area contributed by atoms with Gasteiger partial charge in [0.25, 0.3) is 0 Å². The highest BCUT2D eigenvalue weighted by Gasteiger charge is 2.10. The van der Waals surface area contributed by atoms with E-state index >= 15 is 0 Å². The number of hydrogen-bond donors (Lipinski definition) is 1. The Morgan fingerprint density at radius 2 is 2.00 bits per heavy atom. The summed E-state index contributed by atoms with van der Waals surface area (Å²) in [6.07, 6.45) is -0.706. The van der Waals surface area contributed by atoms with Crippen LogP contribution < -0.4 is 0 Å². The minimum Gasteiger partial charge on any atom is -0.389 e. The maximum Gasteiger partial charge on any atom is 0.123 e. The van der Waals surface area contributed by atoms with E-state index in [-0.39, 0.29) is 5.82 Å². The molecule has 2 aromatic carbocycles. The van der Waals surface area contributed by atoms with Crippen LogP contribution in [-0.2, 0) is 0 Å². The fourth-order valence-electron chi connectivity index (χ4n) is 1.60. The van der Waals surface area contributed by atoms with Crippen molar-refractivity contribution in [1.82, 2.24) is 0 Å². The molecule has 0 aliphatic heterocycles. The molecule has 0 amide bonds. The van der Waals surface area contributed by atoms with Crippen LogP contribution in [0.15, 0.2) is 52.3 Å². The van der Waals surface area contributed by atoms with Gasteiger partial charge < -0.3 is 5.11 Å². The van der Waals surface area contributed by atoms with Crippen molar-refractivity contribution in [2.75, 3.05) is 0 Å². The summed E-state index contributed by atoms with van der Waals surface area (Å²) in [5.41, 5.74) is 0.583. The summed E-state index contributed by atoms with van der Waals surface area (Å²) in [5, 5.41) is 10.3. The third-order valence-electron chi connectivity index (χ3n) is 2.45. The van der Waals surface area contributed by atoms with E-state index in [4.69, 9.17) is 11.6 Å². The van der Waals surface area contributed by atoms with Gasteiger partial charge in [-0.15, -0.1) is 0 Å². The van der Waals surface area contributed by atoms with E-state index in [1.807, 2.05) is 18.2 Å². The van der Waals surface area contributed by atoms with Crippen molar-refractivity contribution in [3.8, 4) is 0 Å². The van der Waals surface area contributed by atoms with Crippen molar-refractivity contribution < 1.29 is 9.50 Å². The van der Waals surface area contributed by atoms with Crippen LogP contribution in [0, 0.1) is 5.82 Å². The zero-order valence-electron chi connectivity index (χ0n) is 9.73. The molecule has 1 N–H and O–H groups in total. The van der Waals surface area contributed by atoms with Crippen LogP contribution in [0.25, 0.3) is 0 Å². The van der Waals surface area contributed by atoms with Crippen molar-refractivity contribution >= 4 is 23.4 Å². The first-order valence-electron chi connectivity index (χ1n) is 5.47. The summed E-state index contributed by atoms with van der Waals surface area (Å²) in [5.74, 6) is -0.346. The highest BCUT2D eigenvalue weighted by molar-refractivity contribution is 7.99. The van der Waals surface area contributed by atoms with Gasteiger partial charge in [0.2, 0.25) is 0 Å². The average Bonchev–Trinajstić information content (AvgIpc) is 2.31. The molecule has 1 nitrogen and oxygen atoms in total. The predicted molar refractivity (Wildman–Crippen MR) is 72.6 cm³/mol. The third-order valence-corrected chi connectivity index (χ3v) is 3.76. The third kappa shape index (κ3) is 3.25. The molecule has 94 valence electrons. The molecule has 1 atom stereocenters. The summed E-state index contributed by atoms with van der Waals surface area (Å²) >= 11 is 7.37. The lowest BCUT2D eigenvalue weighted by molar-refractivity contribution is 0.196. The Kier molecular flexibility index (Phi) is 4.27. The van der Waals surface area contributed by atoms with Gasteiger partial charge in [0.1, 0.15) is 5.82 Å². The molecule has 0 bridgehead atoms. The number of hydrogen-bond acceptors (Lipinski definition) is 2. The molecular formula is C14H12ClFOS. The van der Waals surface area contributed by atoms with E-state index in [9.17, 15) is 9.50 Å². The molecule has 0 saturated carbocycles. The maximum absolute atomic E-state index is 13.2. The minimum absolute atomic E-state index is 0.346. The summed E-state index contributed by atoms with van der Waals surface area (Å²) in [4.78, 5) is 1.78. The SMILES string of the molecule is C[C@H](O)c1cc(F)ccc1Sc1cccc(Cl)c1. The van der Waals surface area contributed by atoms with Crippen LogP contribution in [0.3, 0.4) is 0 Å². The van der Waals surface area contributed by atoms with Gasteiger partial charge in [0.15, 0.2) is 0 Å².